The topological polar surface area (TPSA) is 67.4 Å². The van der Waals surface area contributed by atoms with E-state index >= 15 is 0 Å². The van der Waals surface area contributed by atoms with E-state index in [1.807, 2.05) is 0 Å². The molecule has 1 heterocycles. The SMILES string of the molecule is CC(C)CCC(=O)NCC(=O)NCC1CCCOC1C(C)(C)C. The standard InChI is InChI=1S/C18H34N2O3/c1-13(2)8-9-15(21)20-12-16(22)19-11-14-7-6-10-23-17(14)18(3,4)5/h13-14,17H,6-12H2,1-5H3,(H,19,22)(H,20,21). The Morgan fingerprint density at radius 1 is 1.17 bits per heavy atom. The van der Waals surface area contributed by atoms with Gasteiger partial charge in [0.15, 0.2) is 0 Å². The van der Waals surface area contributed by atoms with Gasteiger partial charge in [-0.2, -0.15) is 0 Å². The predicted octanol–water partition coefficient (Wildman–Crippen LogP) is 2.50. The number of rotatable bonds is 7. The third-order valence-electron chi connectivity index (χ3n) is 4.25. The van der Waals surface area contributed by atoms with Crippen molar-refractivity contribution in [3.05, 3.63) is 0 Å². The van der Waals surface area contributed by atoms with Gasteiger partial charge in [-0.05, 0) is 30.6 Å². The zero-order valence-corrected chi connectivity index (χ0v) is 15.4. The molecule has 1 saturated heterocycles. The highest BCUT2D eigenvalue weighted by molar-refractivity contribution is 5.84. The van der Waals surface area contributed by atoms with Crippen LogP contribution in [0.3, 0.4) is 0 Å². The Kier molecular flexibility index (Phi) is 8.03. The molecule has 2 N–H and O–H groups in total. The minimum atomic E-state index is -0.124. The number of carbonyl (C=O) groups excluding carboxylic acids is 2. The van der Waals surface area contributed by atoms with Crippen molar-refractivity contribution in [2.45, 2.75) is 66.4 Å². The van der Waals surface area contributed by atoms with Crippen LogP contribution in [-0.4, -0.2) is 37.6 Å². The lowest BCUT2D eigenvalue weighted by Gasteiger charge is -2.40. The molecule has 1 aliphatic heterocycles. The molecule has 2 atom stereocenters. The maximum Gasteiger partial charge on any atom is 0.239 e. The van der Waals surface area contributed by atoms with E-state index < -0.39 is 0 Å². The van der Waals surface area contributed by atoms with Crippen molar-refractivity contribution >= 4 is 11.8 Å². The van der Waals surface area contributed by atoms with Crippen molar-refractivity contribution < 1.29 is 14.3 Å². The minimum absolute atomic E-state index is 0.0533. The fourth-order valence-corrected chi connectivity index (χ4v) is 3.00. The lowest BCUT2D eigenvalue weighted by atomic mass is 9.78. The Bertz CT molecular complexity index is 388. The predicted molar refractivity (Wildman–Crippen MR) is 92.0 cm³/mol. The second kappa shape index (κ2) is 9.26. The molecule has 1 fully saturated rings. The number of carbonyl (C=O) groups is 2. The Balaban J connectivity index is 2.30. The van der Waals surface area contributed by atoms with Gasteiger partial charge in [-0.15, -0.1) is 0 Å². The summed E-state index contributed by atoms with van der Waals surface area (Å²) in [4.78, 5) is 23.5. The third-order valence-corrected chi connectivity index (χ3v) is 4.25. The highest BCUT2D eigenvalue weighted by atomic mass is 16.5. The minimum Gasteiger partial charge on any atom is -0.377 e. The summed E-state index contributed by atoms with van der Waals surface area (Å²) >= 11 is 0. The van der Waals surface area contributed by atoms with Gasteiger partial charge in [0.05, 0.1) is 12.6 Å². The molecule has 2 amide bonds. The first-order valence-corrected chi connectivity index (χ1v) is 8.85. The van der Waals surface area contributed by atoms with Crippen LogP contribution < -0.4 is 10.6 Å². The lowest BCUT2D eigenvalue weighted by molar-refractivity contribution is -0.127. The zero-order valence-electron chi connectivity index (χ0n) is 15.4. The first-order valence-electron chi connectivity index (χ1n) is 8.85. The molecule has 0 aromatic heterocycles. The number of hydrogen-bond donors (Lipinski definition) is 2. The Labute approximate surface area is 140 Å². The van der Waals surface area contributed by atoms with E-state index in [2.05, 4.69) is 45.3 Å². The quantitative estimate of drug-likeness (QED) is 0.755. The molecule has 5 nitrogen and oxygen atoms in total. The molecule has 1 rings (SSSR count). The van der Waals surface area contributed by atoms with Crippen LogP contribution in [0.1, 0.15) is 60.3 Å². The van der Waals surface area contributed by atoms with Crippen LogP contribution in [0.15, 0.2) is 0 Å². The van der Waals surface area contributed by atoms with Gasteiger partial charge in [0.25, 0.3) is 0 Å². The summed E-state index contributed by atoms with van der Waals surface area (Å²) in [5.74, 6) is 0.656. The van der Waals surface area contributed by atoms with Gasteiger partial charge in [0.2, 0.25) is 11.8 Å². The molecule has 0 radical (unpaired) electrons. The van der Waals surface area contributed by atoms with Crippen molar-refractivity contribution in [2.24, 2.45) is 17.3 Å². The van der Waals surface area contributed by atoms with E-state index in [1.165, 1.54) is 0 Å². The number of ether oxygens (including phenoxy) is 1. The van der Waals surface area contributed by atoms with Gasteiger partial charge in [0.1, 0.15) is 0 Å². The normalized spacial score (nSPS) is 22.0. The molecular weight excluding hydrogens is 292 g/mol. The number of amides is 2. The van der Waals surface area contributed by atoms with Crippen molar-refractivity contribution in [2.75, 3.05) is 19.7 Å². The molecule has 1 aliphatic rings. The molecule has 0 saturated carbocycles. The Morgan fingerprint density at radius 2 is 1.87 bits per heavy atom. The summed E-state index contributed by atoms with van der Waals surface area (Å²) in [6, 6.07) is 0. The first-order chi connectivity index (χ1) is 10.7. The summed E-state index contributed by atoms with van der Waals surface area (Å²) in [6.07, 6.45) is 3.60. The summed E-state index contributed by atoms with van der Waals surface area (Å²) in [6.45, 7) is 12.2. The van der Waals surface area contributed by atoms with E-state index in [1.54, 1.807) is 0 Å². The summed E-state index contributed by atoms with van der Waals surface area (Å²) in [5, 5.41) is 5.63. The molecule has 23 heavy (non-hydrogen) atoms. The van der Waals surface area contributed by atoms with Crippen molar-refractivity contribution in [1.29, 1.82) is 0 Å². The van der Waals surface area contributed by atoms with Gasteiger partial charge in [-0.1, -0.05) is 34.6 Å². The highest BCUT2D eigenvalue weighted by Gasteiger charge is 2.35. The van der Waals surface area contributed by atoms with Gasteiger partial charge in [-0.25, -0.2) is 0 Å². The molecule has 0 spiro atoms. The van der Waals surface area contributed by atoms with Crippen LogP contribution in [0.25, 0.3) is 0 Å². The Morgan fingerprint density at radius 3 is 2.48 bits per heavy atom. The summed E-state index contributed by atoms with van der Waals surface area (Å²) in [7, 11) is 0. The van der Waals surface area contributed by atoms with E-state index in [4.69, 9.17) is 4.74 Å². The molecule has 0 bridgehead atoms. The molecule has 0 aromatic rings. The van der Waals surface area contributed by atoms with Crippen LogP contribution in [0, 0.1) is 17.3 Å². The highest BCUT2D eigenvalue weighted by Crippen LogP contribution is 2.33. The largest absolute Gasteiger partial charge is 0.377 e. The maximum atomic E-state index is 11.9. The molecule has 2 unspecified atom stereocenters. The second-order valence-electron chi connectivity index (χ2n) is 8.07. The first kappa shape index (κ1) is 19.9. The van der Waals surface area contributed by atoms with Crippen LogP contribution in [-0.2, 0) is 14.3 Å². The van der Waals surface area contributed by atoms with Gasteiger partial charge >= 0.3 is 0 Å². The monoisotopic (exact) mass is 326 g/mol. The average molecular weight is 326 g/mol. The summed E-state index contributed by atoms with van der Waals surface area (Å²) in [5.41, 5.74) is 0.0703. The fraction of sp³-hybridized carbons (Fsp3) is 0.889. The van der Waals surface area contributed by atoms with Crippen molar-refractivity contribution in [3.8, 4) is 0 Å². The van der Waals surface area contributed by atoms with Crippen molar-refractivity contribution in [3.63, 3.8) is 0 Å². The van der Waals surface area contributed by atoms with Crippen LogP contribution in [0.4, 0.5) is 0 Å². The van der Waals surface area contributed by atoms with Crippen LogP contribution in [0.2, 0.25) is 0 Å². The number of nitrogens with one attached hydrogen (secondary N) is 2. The Hall–Kier alpha value is -1.10. The second-order valence-corrected chi connectivity index (χ2v) is 8.07. The van der Waals surface area contributed by atoms with E-state index in [0.29, 0.717) is 24.8 Å². The zero-order chi connectivity index (χ0) is 17.5. The van der Waals surface area contributed by atoms with E-state index in [9.17, 15) is 9.59 Å². The number of hydrogen-bond acceptors (Lipinski definition) is 3. The maximum absolute atomic E-state index is 11.9. The molecule has 0 aliphatic carbocycles. The molecular formula is C18H34N2O3. The van der Waals surface area contributed by atoms with Gasteiger partial charge < -0.3 is 15.4 Å². The molecule has 134 valence electrons. The van der Waals surface area contributed by atoms with Crippen LogP contribution in [0.5, 0.6) is 0 Å². The van der Waals surface area contributed by atoms with Gasteiger partial charge in [0, 0.05) is 25.5 Å². The van der Waals surface area contributed by atoms with E-state index in [-0.39, 0.29) is 29.9 Å². The van der Waals surface area contributed by atoms with E-state index in [0.717, 1.165) is 25.9 Å². The molecule has 5 heteroatoms. The smallest absolute Gasteiger partial charge is 0.239 e. The third kappa shape index (κ3) is 7.82. The average Bonchev–Trinajstić information content (AvgIpc) is 2.48. The molecule has 0 aromatic carbocycles. The lowest BCUT2D eigenvalue weighted by Crippen LogP contribution is -2.46. The summed E-state index contributed by atoms with van der Waals surface area (Å²) < 4.78 is 5.92. The van der Waals surface area contributed by atoms with Gasteiger partial charge in [-0.3, -0.25) is 9.59 Å². The van der Waals surface area contributed by atoms with Crippen LogP contribution >= 0.6 is 0 Å². The van der Waals surface area contributed by atoms with Crippen molar-refractivity contribution in [1.82, 2.24) is 10.6 Å². The fourth-order valence-electron chi connectivity index (χ4n) is 3.00.